The number of nitrogens with zero attached hydrogens (tertiary/aromatic N) is 4. The van der Waals surface area contributed by atoms with E-state index in [4.69, 9.17) is 23.2 Å². The van der Waals surface area contributed by atoms with Crippen molar-refractivity contribution in [2.75, 3.05) is 10.6 Å². The molecule has 0 fully saturated rings. The number of amides is 2. The van der Waals surface area contributed by atoms with E-state index in [2.05, 4.69) is 31.1 Å². The summed E-state index contributed by atoms with van der Waals surface area (Å²) in [5, 5.41) is 22.1. The van der Waals surface area contributed by atoms with Crippen LogP contribution in [0.25, 0.3) is 11.1 Å². The molecule has 0 radical (unpaired) electrons. The molecule has 0 aliphatic rings. The number of carbonyl (C=O) groups excluding carboxylic acids is 4. The maximum Gasteiger partial charge on any atom is 0.258 e. The van der Waals surface area contributed by atoms with Crippen LogP contribution in [0.1, 0.15) is 36.1 Å². The van der Waals surface area contributed by atoms with Gasteiger partial charge in [-0.05, 0) is 118 Å². The summed E-state index contributed by atoms with van der Waals surface area (Å²) < 4.78 is 0. The predicted molar refractivity (Wildman–Crippen MR) is 189 cm³/mol. The third-order valence-corrected chi connectivity index (χ3v) is 8.21. The molecule has 4 rings (SSSR count). The minimum atomic E-state index is -1.36. The molecule has 0 saturated carbocycles. The molecule has 0 aliphatic carbocycles. The zero-order chi connectivity index (χ0) is 35.1. The van der Waals surface area contributed by atoms with E-state index in [-0.39, 0.29) is 10.7 Å². The van der Waals surface area contributed by atoms with Crippen molar-refractivity contribution >= 4 is 69.3 Å². The van der Waals surface area contributed by atoms with Gasteiger partial charge in [0.05, 0.1) is 15.7 Å². The van der Waals surface area contributed by atoms with Gasteiger partial charge in [0.15, 0.2) is 11.6 Å². The summed E-state index contributed by atoms with van der Waals surface area (Å²) in [4.78, 5) is 50.1. The Labute approximate surface area is 288 Å². The summed E-state index contributed by atoms with van der Waals surface area (Å²) in [6.07, 6.45) is 0. The van der Waals surface area contributed by atoms with Crippen molar-refractivity contribution in [2.45, 2.75) is 53.6 Å². The molecule has 0 bridgehead atoms. The Morgan fingerprint density at radius 3 is 1.56 bits per heavy atom. The molecule has 4 aromatic carbocycles. The number of azo groups is 2. The molecule has 0 saturated heterocycles. The van der Waals surface area contributed by atoms with Gasteiger partial charge in [-0.3, -0.25) is 19.2 Å². The lowest BCUT2D eigenvalue weighted by Gasteiger charge is -2.11. The van der Waals surface area contributed by atoms with Gasteiger partial charge in [0.2, 0.25) is 12.1 Å². The molecule has 246 valence electrons. The summed E-state index contributed by atoms with van der Waals surface area (Å²) >= 11 is 13.1. The number of nitrogens with one attached hydrogen (secondary N) is 2. The lowest BCUT2D eigenvalue weighted by atomic mass is 10.0. The first kappa shape index (κ1) is 35.8. The molecule has 2 amide bonds. The van der Waals surface area contributed by atoms with Gasteiger partial charge in [0.25, 0.3) is 11.8 Å². The molecule has 0 spiro atoms. The molecule has 12 heteroatoms. The summed E-state index contributed by atoms with van der Waals surface area (Å²) in [5.74, 6) is -2.15. The number of hydrogen-bond donors (Lipinski definition) is 2. The summed E-state index contributed by atoms with van der Waals surface area (Å²) in [6, 6.07) is 18.0. The fraction of sp³-hybridized carbons (Fsp3) is 0.222. The number of carbonyl (C=O) groups is 4. The third-order valence-electron chi connectivity index (χ3n) is 7.60. The smallest absolute Gasteiger partial charge is 0.258 e. The Hall–Kier alpha value is -5.06. The maximum absolute atomic E-state index is 12.8. The molecule has 0 aliphatic heterocycles. The molecule has 48 heavy (non-hydrogen) atoms. The van der Waals surface area contributed by atoms with E-state index >= 15 is 0 Å². The van der Waals surface area contributed by atoms with Gasteiger partial charge in [-0.25, -0.2) is 0 Å². The third kappa shape index (κ3) is 9.05. The van der Waals surface area contributed by atoms with Crippen molar-refractivity contribution in [1.29, 1.82) is 0 Å². The molecular weight excluding hydrogens is 651 g/mol. The highest BCUT2D eigenvalue weighted by Crippen LogP contribution is 2.36. The van der Waals surface area contributed by atoms with Crippen LogP contribution in [0.2, 0.25) is 10.0 Å². The van der Waals surface area contributed by atoms with E-state index in [0.29, 0.717) is 33.2 Å². The Bertz CT molecular complexity index is 1970. The first-order valence-electron chi connectivity index (χ1n) is 14.9. The van der Waals surface area contributed by atoms with Crippen LogP contribution >= 0.6 is 23.2 Å². The average Bonchev–Trinajstić information content (AvgIpc) is 3.01. The van der Waals surface area contributed by atoms with Crippen molar-refractivity contribution in [3.05, 3.63) is 105 Å². The molecule has 2 unspecified atom stereocenters. The first-order valence-corrected chi connectivity index (χ1v) is 15.7. The lowest BCUT2D eigenvalue weighted by Crippen LogP contribution is -2.31. The minimum Gasteiger partial charge on any atom is -0.324 e. The fourth-order valence-electron chi connectivity index (χ4n) is 4.50. The SMILES string of the molecule is CC(=O)C(N=Nc1ccc(-c2ccc(N=NC(C(C)=O)C(=O)Nc3ccc(C)c(C)c3)c(Cl)c2)c(Cl)c1)C(=O)Nc1ccc(C)c(C)c1. The lowest BCUT2D eigenvalue weighted by molar-refractivity contribution is -0.127. The van der Waals surface area contributed by atoms with Gasteiger partial charge < -0.3 is 10.6 Å². The van der Waals surface area contributed by atoms with E-state index in [0.717, 1.165) is 22.3 Å². The van der Waals surface area contributed by atoms with Crippen LogP contribution in [0.15, 0.2) is 93.3 Å². The molecule has 4 aromatic rings. The molecule has 10 nitrogen and oxygen atoms in total. The average molecular weight is 686 g/mol. The van der Waals surface area contributed by atoms with E-state index in [1.807, 2.05) is 52.0 Å². The number of halogens is 2. The summed E-state index contributed by atoms with van der Waals surface area (Å²) in [5.41, 5.74) is 7.10. The Morgan fingerprint density at radius 1 is 0.583 bits per heavy atom. The van der Waals surface area contributed by atoms with Gasteiger partial charge in [0.1, 0.15) is 5.69 Å². The van der Waals surface area contributed by atoms with E-state index in [9.17, 15) is 19.2 Å². The highest BCUT2D eigenvalue weighted by atomic mass is 35.5. The second-order valence-corrected chi connectivity index (χ2v) is 12.2. The van der Waals surface area contributed by atoms with E-state index in [1.54, 1.807) is 48.5 Å². The first-order chi connectivity index (χ1) is 22.7. The number of Topliss-reactive ketones (excluding diaryl/α,β-unsaturated/α-hetero) is 2. The van der Waals surface area contributed by atoms with Crippen LogP contribution in [-0.4, -0.2) is 35.5 Å². The second-order valence-electron chi connectivity index (χ2n) is 11.4. The van der Waals surface area contributed by atoms with Crippen LogP contribution in [0.3, 0.4) is 0 Å². The summed E-state index contributed by atoms with van der Waals surface area (Å²) in [6.45, 7) is 10.3. The monoisotopic (exact) mass is 684 g/mol. The topological polar surface area (TPSA) is 142 Å². The molecule has 0 heterocycles. The van der Waals surface area contributed by atoms with Gasteiger partial charge >= 0.3 is 0 Å². The number of ketones is 2. The Kier molecular flexibility index (Phi) is 11.7. The van der Waals surface area contributed by atoms with Crippen LogP contribution < -0.4 is 10.6 Å². The quantitative estimate of drug-likeness (QED) is 0.120. The zero-order valence-electron chi connectivity index (χ0n) is 27.3. The minimum absolute atomic E-state index is 0.215. The van der Waals surface area contributed by atoms with Crippen LogP contribution in [0.5, 0.6) is 0 Å². The van der Waals surface area contributed by atoms with Crippen molar-refractivity contribution in [2.24, 2.45) is 20.5 Å². The molecule has 2 N–H and O–H groups in total. The maximum atomic E-state index is 12.8. The molecule has 2 atom stereocenters. The number of rotatable bonds is 11. The Morgan fingerprint density at radius 2 is 1.10 bits per heavy atom. The molecule has 0 aromatic heterocycles. The largest absolute Gasteiger partial charge is 0.324 e. The van der Waals surface area contributed by atoms with Crippen molar-refractivity contribution in [3.8, 4) is 11.1 Å². The number of hydrogen-bond acceptors (Lipinski definition) is 8. The Balaban J connectivity index is 1.47. The van der Waals surface area contributed by atoms with Gasteiger partial charge in [0, 0.05) is 16.9 Å². The van der Waals surface area contributed by atoms with Crippen molar-refractivity contribution < 1.29 is 19.2 Å². The predicted octanol–water partition coefficient (Wildman–Crippen LogP) is 9.25. The standard InChI is InChI=1S/C36H34Cl2N6O4/c1-19-7-10-26(15-21(19)3)39-35(47)33(23(5)45)43-41-28-12-13-29(30(37)18-28)25-9-14-32(31(38)17-25)42-44-34(24(6)46)36(48)40-27-11-8-20(2)22(4)16-27/h7-18,33-34H,1-6H3,(H,39,47)(H,40,48). The van der Waals surface area contributed by atoms with E-state index < -0.39 is 35.5 Å². The van der Waals surface area contributed by atoms with E-state index in [1.165, 1.54) is 13.8 Å². The molecular formula is C36H34Cl2N6O4. The summed E-state index contributed by atoms with van der Waals surface area (Å²) in [7, 11) is 0. The number of benzene rings is 4. The van der Waals surface area contributed by atoms with Gasteiger partial charge in [-0.1, -0.05) is 47.5 Å². The van der Waals surface area contributed by atoms with Crippen molar-refractivity contribution in [3.63, 3.8) is 0 Å². The fourth-order valence-corrected chi connectivity index (χ4v) is 5.00. The van der Waals surface area contributed by atoms with Crippen LogP contribution in [0.4, 0.5) is 22.7 Å². The number of aryl methyl sites for hydroxylation is 4. The van der Waals surface area contributed by atoms with Crippen molar-refractivity contribution in [1.82, 2.24) is 0 Å². The zero-order valence-corrected chi connectivity index (χ0v) is 28.8. The number of anilines is 2. The van der Waals surface area contributed by atoms with Crippen LogP contribution in [0, 0.1) is 27.7 Å². The van der Waals surface area contributed by atoms with Gasteiger partial charge in [-0.2, -0.15) is 20.5 Å². The highest BCUT2D eigenvalue weighted by molar-refractivity contribution is 6.34. The second kappa shape index (κ2) is 15.7. The van der Waals surface area contributed by atoms with Crippen LogP contribution in [-0.2, 0) is 19.2 Å². The van der Waals surface area contributed by atoms with Gasteiger partial charge in [-0.15, -0.1) is 0 Å². The normalized spacial score (nSPS) is 12.6. The highest BCUT2D eigenvalue weighted by Gasteiger charge is 2.24.